The average molecular weight is 287 g/mol. The lowest BCUT2D eigenvalue weighted by molar-refractivity contribution is 0.0941. The minimum atomic E-state index is -0.0868. The standard InChI is InChI=1S/C16H21N3O2/c1-18(2)13-9-19(10-13)16(21)17-12-7-6-11-4-3-5-15(20)14(11)8-12/h6-8,13H,3-5,9-10H2,1-2H3,(H,17,21). The van der Waals surface area contributed by atoms with Crippen molar-refractivity contribution < 1.29 is 9.59 Å². The summed E-state index contributed by atoms with van der Waals surface area (Å²) in [6.45, 7) is 1.51. The first-order valence-corrected chi connectivity index (χ1v) is 7.43. The fourth-order valence-electron chi connectivity index (χ4n) is 2.86. The minimum Gasteiger partial charge on any atom is -0.321 e. The molecular formula is C16H21N3O2. The van der Waals surface area contributed by atoms with Gasteiger partial charge < -0.3 is 15.1 Å². The number of nitrogens with zero attached hydrogens (tertiary/aromatic N) is 2. The molecule has 0 aromatic heterocycles. The summed E-state index contributed by atoms with van der Waals surface area (Å²) in [7, 11) is 4.05. The van der Waals surface area contributed by atoms with Crippen LogP contribution in [0.25, 0.3) is 0 Å². The van der Waals surface area contributed by atoms with Crippen molar-refractivity contribution >= 4 is 17.5 Å². The van der Waals surface area contributed by atoms with Crippen LogP contribution in [-0.4, -0.2) is 54.8 Å². The highest BCUT2D eigenvalue weighted by molar-refractivity contribution is 6.00. The van der Waals surface area contributed by atoms with Crippen LogP contribution in [0.5, 0.6) is 0 Å². The van der Waals surface area contributed by atoms with Crippen molar-refractivity contribution in [1.29, 1.82) is 0 Å². The van der Waals surface area contributed by atoms with Crippen molar-refractivity contribution in [2.75, 3.05) is 32.5 Å². The van der Waals surface area contributed by atoms with E-state index < -0.39 is 0 Å². The number of amides is 2. The first kappa shape index (κ1) is 14.1. The molecule has 1 aliphatic heterocycles. The molecule has 1 saturated heterocycles. The molecule has 0 atom stereocenters. The van der Waals surface area contributed by atoms with Gasteiger partial charge in [0.1, 0.15) is 0 Å². The van der Waals surface area contributed by atoms with Crippen LogP contribution in [0.15, 0.2) is 18.2 Å². The van der Waals surface area contributed by atoms with Crippen LogP contribution in [0, 0.1) is 0 Å². The number of hydrogen-bond acceptors (Lipinski definition) is 3. The Morgan fingerprint density at radius 2 is 2.05 bits per heavy atom. The van der Waals surface area contributed by atoms with Crippen molar-refractivity contribution in [3.8, 4) is 0 Å². The monoisotopic (exact) mass is 287 g/mol. The maximum atomic E-state index is 12.1. The van der Waals surface area contributed by atoms with Gasteiger partial charge >= 0.3 is 6.03 Å². The van der Waals surface area contributed by atoms with Gasteiger partial charge in [0, 0.05) is 36.8 Å². The predicted molar refractivity (Wildman–Crippen MR) is 81.8 cm³/mol. The molecule has 2 aliphatic rings. The SMILES string of the molecule is CN(C)C1CN(C(=O)Nc2ccc3c(c2)C(=O)CCC3)C1. The van der Waals surface area contributed by atoms with E-state index in [0.29, 0.717) is 18.2 Å². The fraction of sp³-hybridized carbons (Fsp3) is 0.500. The summed E-state index contributed by atoms with van der Waals surface area (Å²) < 4.78 is 0. The molecule has 1 N–H and O–H groups in total. The second-order valence-electron chi connectivity index (χ2n) is 6.10. The van der Waals surface area contributed by atoms with Gasteiger partial charge in [0.25, 0.3) is 0 Å². The molecular weight excluding hydrogens is 266 g/mol. The van der Waals surface area contributed by atoms with Crippen LogP contribution in [0.1, 0.15) is 28.8 Å². The summed E-state index contributed by atoms with van der Waals surface area (Å²) in [5.41, 5.74) is 2.58. The summed E-state index contributed by atoms with van der Waals surface area (Å²) >= 11 is 0. The highest BCUT2D eigenvalue weighted by atomic mass is 16.2. The van der Waals surface area contributed by atoms with Gasteiger partial charge in [-0.1, -0.05) is 6.07 Å². The van der Waals surface area contributed by atoms with E-state index in [1.807, 2.05) is 32.3 Å². The van der Waals surface area contributed by atoms with E-state index >= 15 is 0 Å². The van der Waals surface area contributed by atoms with E-state index in [0.717, 1.165) is 37.1 Å². The normalized spacial score (nSPS) is 18.4. The van der Waals surface area contributed by atoms with E-state index in [-0.39, 0.29) is 11.8 Å². The number of nitrogens with one attached hydrogen (secondary N) is 1. The van der Waals surface area contributed by atoms with Gasteiger partial charge in [-0.05, 0) is 44.6 Å². The number of aryl methyl sites for hydroxylation is 1. The number of ketones is 1. The number of benzene rings is 1. The van der Waals surface area contributed by atoms with Crippen LogP contribution in [0.4, 0.5) is 10.5 Å². The Hall–Kier alpha value is -1.88. The number of rotatable bonds is 2. The molecule has 5 nitrogen and oxygen atoms in total. The molecule has 0 bridgehead atoms. The average Bonchev–Trinajstić information content (AvgIpc) is 2.37. The van der Waals surface area contributed by atoms with E-state index in [9.17, 15) is 9.59 Å². The predicted octanol–water partition coefficient (Wildman–Crippen LogP) is 1.98. The minimum absolute atomic E-state index is 0.0868. The quantitative estimate of drug-likeness (QED) is 0.905. The van der Waals surface area contributed by atoms with Crippen molar-refractivity contribution in [2.24, 2.45) is 0 Å². The molecule has 5 heteroatoms. The maximum Gasteiger partial charge on any atom is 0.321 e. The third-order valence-corrected chi connectivity index (χ3v) is 4.39. The number of Topliss-reactive ketones (excluding diaryl/α,β-unsaturated/α-hetero) is 1. The Labute approximate surface area is 124 Å². The number of likely N-dealkylation sites (N-methyl/N-ethyl adjacent to an activating group) is 1. The van der Waals surface area contributed by atoms with Crippen LogP contribution in [0.2, 0.25) is 0 Å². The van der Waals surface area contributed by atoms with Crippen molar-refractivity contribution in [2.45, 2.75) is 25.3 Å². The van der Waals surface area contributed by atoms with E-state index in [1.165, 1.54) is 0 Å². The van der Waals surface area contributed by atoms with Gasteiger partial charge in [0.2, 0.25) is 0 Å². The Kier molecular flexibility index (Phi) is 3.68. The lowest BCUT2D eigenvalue weighted by atomic mass is 9.90. The van der Waals surface area contributed by atoms with Crippen molar-refractivity contribution in [3.05, 3.63) is 29.3 Å². The summed E-state index contributed by atoms with van der Waals surface area (Å²) in [4.78, 5) is 27.9. The Bertz CT molecular complexity index is 577. The molecule has 3 rings (SSSR count). The van der Waals surface area contributed by atoms with Crippen LogP contribution in [0.3, 0.4) is 0 Å². The third-order valence-electron chi connectivity index (χ3n) is 4.39. The van der Waals surface area contributed by atoms with E-state index in [2.05, 4.69) is 10.2 Å². The Morgan fingerprint density at radius 1 is 1.29 bits per heavy atom. The van der Waals surface area contributed by atoms with Crippen molar-refractivity contribution in [1.82, 2.24) is 9.80 Å². The number of carbonyl (C=O) groups excluding carboxylic acids is 2. The first-order chi connectivity index (χ1) is 10.0. The van der Waals surface area contributed by atoms with E-state index in [1.54, 1.807) is 4.90 Å². The first-order valence-electron chi connectivity index (χ1n) is 7.43. The zero-order valence-corrected chi connectivity index (χ0v) is 12.6. The summed E-state index contributed by atoms with van der Waals surface area (Å²) in [5, 5.41) is 2.89. The number of urea groups is 1. The second-order valence-corrected chi connectivity index (χ2v) is 6.10. The largest absolute Gasteiger partial charge is 0.321 e. The number of hydrogen-bond donors (Lipinski definition) is 1. The van der Waals surface area contributed by atoms with Gasteiger partial charge in [-0.2, -0.15) is 0 Å². The topological polar surface area (TPSA) is 52.6 Å². The lowest BCUT2D eigenvalue weighted by Crippen LogP contribution is -2.60. The van der Waals surface area contributed by atoms with Crippen LogP contribution in [-0.2, 0) is 6.42 Å². The molecule has 1 aromatic rings. The van der Waals surface area contributed by atoms with Gasteiger partial charge in [-0.15, -0.1) is 0 Å². The number of anilines is 1. The molecule has 1 aromatic carbocycles. The molecule has 0 spiro atoms. The third kappa shape index (κ3) is 2.78. The number of carbonyl (C=O) groups is 2. The van der Waals surface area contributed by atoms with Gasteiger partial charge in [-0.3, -0.25) is 4.79 Å². The molecule has 0 radical (unpaired) electrons. The highest BCUT2D eigenvalue weighted by Gasteiger charge is 2.32. The molecule has 1 aliphatic carbocycles. The molecule has 21 heavy (non-hydrogen) atoms. The highest BCUT2D eigenvalue weighted by Crippen LogP contribution is 2.25. The molecule has 112 valence electrons. The zero-order chi connectivity index (χ0) is 15.0. The Morgan fingerprint density at radius 3 is 2.76 bits per heavy atom. The van der Waals surface area contributed by atoms with Gasteiger partial charge in [0.15, 0.2) is 5.78 Å². The van der Waals surface area contributed by atoms with E-state index in [4.69, 9.17) is 0 Å². The summed E-state index contributed by atoms with van der Waals surface area (Å²) in [6, 6.07) is 6.02. The van der Waals surface area contributed by atoms with Crippen molar-refractivity contribution in [3.63, 3.8) is 0 Å². The molecule has 1 heterocycles. The van der Waals surface area contributed by atoms with Gasteiger partial charge in [0.05, 0.1) is 0 Å². The smallest absolute Gasteiger partial charge is 0.321 e. The summed E-state index contributed by atoms with van der Waals surface area (Å²) in [6.07, 6.45) is 2.49. The molecule has 0 saturated carbocycles. The summed E-state index contributed by atoms with van der Waals surface area (Å²) in [5.74, 6) is 0.184. The number of fused-ring (bicyclic) bond motifs is 1. The molecule has 2 amide bonds. The molecule has 0 unspecified atom stereocenters. The van der Waals surface area contributed by atoms with Gasteiger partial charge in [-0.25, -0.2) is 4.79 Å². The zero-order valence-electron chi connectivity index (χ0n) is 12.6. The maximum absolute atomic E-state index is 12.1. The lowest BCUT2D eigenvalue weighted by Gasteiger charge is -2.42. The van der Waals surface area contributed by atoms with Crippen LogP contribution >= 0.6 is 0 Å². The molecule has 1 fully saturated rings. The Balaban J connectivity index is 1.65. The number of likely N-dealkylation sites (tertiary alicyclic amines) is 1. The van der Waals surface area contributed by atoms with Crippen LogP contribution < -0.4 is 5.32 Å². The fourth-order valence-corrected chi connectivity index (χ4v) is 2.86. The second kappa shape index (κ2) is 5.48.